The number of benzene rings is 1. The van der Waals surface area contributed by atoms with Gasteiger partial charge in [0, 0.05) is 5.56 Å². The van der Waals surface area contributed by atoms with Gasteiger partial charge < -0.3 is 5.11 Å². The standard InChI is InChI=1S/C17H25NOS/c1-7-16(3,4)12-9-13(17(5,6)8-2)15(19)14(10-12)20-11-18/h9-10,19H,7-8H2,1-6H3. The Balaban J connectivity index is 3.56. The molecule has 110 valence electrons. The van der Waals surface area contributed by atoms with Gasteiger partial charge >= 0.3 is 0 Å². The van der Waals surface area contributed by atoms with Crippen molar-refractivity contribution in [2.45, 2.75) is 70.1 Å². The molecule has 0 aliphatic heterocycles. The lowest BCUT2D eigenvalue weighted by Gasteiger charge is -2.30. The third kappa shape index (κ3) is 3.30. The molecule has 0 fully saturated rings. The quantitative estimate of drug-likeness (QED) is 0.588. The summed E-state index contributed by atoms with van der Waals surface area (Å²) < 4.78 is 0. The van der Waals surface area contributed by atoms with Crippen LogP contribution < -0.4 is 0 Å². The lowest BCUT2D eigenvalue weighted by atomic mass is 9.76. The molecule has 0 radical (unpaired) electrons. The van der Waals surface area contributed by atoms with Gasteiger partial charge in [0.05, 0.1) is 4.90 Å². The van der Waals surface area contributed by atoms with E-state index in [2.05, 4.69) is 53.0 Å². The summed E-state index contributed by atoms with van der Waals surface area (Å²) >= 11 is 1.04. The summed E-state index contributed by atoms with van der Waals surface area (Å²) in [5.41, 5.74) is 2.06. The van der Waals surface area contributed by atoms with E-state index in [0.29, 0.717) is 4.90 Å². The highest BCUT2D eigenvalue weighted by Crippen LogP contribution is 2.43. The Kier molecular flexibility index (Phi) is 5.15. The molecule has 1 rings (SSSR count). The van der Waals surface area contributed by atoms with E-state index in [-0.39, 0.29) is 16.6 Å². The Hall–Kier alpha value is -1.14. The van der Waals surface area contributed by atoms with Crippen molar-refractivity contribution < 1.29 is 5.11 Å². The first-order valence-electron chi connectivity index (χ1n) is 7.13. The lowest BCUT2D eigenvalue weighted by molar-refractivity contribution is 0.414. The third-order valence-corrected chi connectivity index (χ3v) is 5.13. The zero-order chi connectivity index (χ0) is 15.6. The molecule has 2 nitrogen and oxygen atoms in total. The van der Waals surface area contributed by atoms with E-state index in [0.717, 1.165) is 30.2 Å². The molecule has 0 aliphatic rings. The molecule has 0 aromatic heterocycles. The van der Waals surface area contributed by atoms with Gasteiger partial charge in [-0.2, -0.15) is 5.26 Å². The second-order valence-electron chi connectivity index (χ2n) is 6.54. The van der Waals surface area contributed by atoms with Crippen LogP contribution in [-0.2, 0) is 10.8 Å². The number of phenols is 1. The first kappa shape index (κ1) is 16.9. The van der Waals surface area contributed by atoms with Crippen molar-refractivity contribution >= 4 is 11.8 Å². The van der Waals surface area contributed by atoms with Crippen molar-refractivity contribution in [1.29, 1.82) is 5.26 Å². The minimum Gasteiger partial charge on any atom is -0.506 e. The summed E-state index contributed by atoms with van der Waals surface area (Å²) in [6.07, 6.45) is 1.95. The molecule has 1 N–H and O–H groups in total. The van der Waals surface area contributed by atoms with Crippen LogP contribution in [0.15, 0.2) is 17.0 Å². The minimum atomic E-state index is -0.102. The largest absolute Gasteiger partial charge is 0.506 e. The monoisotopic (exact) mass is 291 g/mol. The van der Waals surface area contributed by atoms with Crippen LogP contribution >= 0.6 is 11.8 Å². The maximum absolute atomic E-state index is 10.5. The summed E-state index contributed by atoms with van der Waals surface area (Å²) in [5.74, 6) is 0.263. The molecule has 0 atom stereocenters. The topological polar surface area (TPSA) is 44.0 Å². The molecule has 0 saturated carbocycles. The van der Waals surface area contributed by atoms with Gasteiger partial charge in [-0.1, -0.05) is 47.6 Å². The third-order valence-electron chi connectivity index (χ3n) is 4.51. The normalized spacial score (nSPS) is 12.2. The van der Waals surface area contributed by atoms with Gasteiger partial charge in [0.25, 0.3) is 0 Å². The summed E-state index contributed by atoms with van der Waals surface area (Å²) in [7, 11) is 0. The van der Waals surface area contributed by atoms with Crippen molar-refractivity contribution in [3.63, 3.8) is 0 Å². The second-order valence-corrected chi connectivity index (χ2v) is 7.37. The van der Waals surface area contributed by atoms with Crippen molar-refractivity contribution in [3.8, 4) is 11.2 Å². The van der Waals surface area contributed by atoms with Gasteiger partial charge in [-0.15, -0.1) is 0 Å². The summed E-state index contributed by atoms with van der Waals surface area (Å²) in [6.45, 7) is 12.9. The number of hydrogen-bond donors (Lipinski definition) is 1. The molecule has 0 saturated heterocycles. The number of aromatic hydroxyl groups is 1. The Labute approximate surface area is 127 Å². The van der Waals surface area contributed by atoms with Crippen molar-refractivity contribution in [1.82, 2.24) is 0 Å². The minimum absolute atomic E-state index is 0.0387. The average molecular weight is 291 g/mol. The van der Waals surface area contributed by atoms with Crippen LogP contribution in [0.4, 0.5) is 0 Å². The van der Waals surface area contributed by atoms with Crippen LogP contribution in [0.5, 0.6) is 5.75 Å². The Morgan fingerprint density at radius 3 is 2.10 bits per heavy atom. The van der Waals surface area contributed by atoms with Gasteiger partial charge in [0.1, 0.15) is 11.2 Å². The SMILES string of the molecule is CCC(C)(C)c1cc(SC#N)c(O)c(C(C)(C)CC)c1. The highest BCUT2D eigenvalue weighted by Gasteiger charge is 2.28. The van der Waals surface area contributed by atoms with Crippen LogP contribution in [0.2, 0.25) is 0 Å². The smallest absolute Gasteiger partial charge is 0.138 e. The molecule has 0 bridgehead atoms. The van der Waals surface area contributed by atoms with Gasteiger partial charge in [0.15, 0.2) is 0 Å². The zero-order valence-corrected chi connectivity index (χ0v) is 14.2. The van der Waals surface area contributed by atoms with E-state index in [9.17, 15) is 5.11 Å². The molecule has 1 aromatic rings. The van der Waals surface area contributed by atoms with Crippen LogP contribution in [0.3, 0.4) is 0 Å². The number of thioether (sulfide) groups is 1. The predicted molar refractivity (Wildman–Crippen MR) is 86.2 cm³/mol. The van der Waals surface area contributed by atoms with Gasteiger partial charge in [-0.05, 0) is 47.1 Å². The number of hydrogen-bond acceptors (Lipinski definition) is 3. The lowest BCUT2D eigenvalue weighted by Crippen LogP contribution is -2.20. The average Bonchev–Trinajstić information content (AvgIpc) is 2.40. The van der Waals surface area contributed by atoms with Gasteiger partial charge in [-0.3, -0.25) is 0 Å². The van der Waals surface area contributed by atoms with Crippen LogP contribution in [-0.4, -0.2) is 5.11 Å². The fourth-order valence-corrected chi connectivity index (χ4v) is 2.53. The number of nitrogens with zero attached hydrogens (tertiary/aromatic N) is 1. The Morgan fingerprint density at radius 1 is 1.10 bits per heavy atom. The highest BCUT2D eigenvalue weighted by atomic mass is 32.2. The van der Waals surface area contributed by atoms with E-state index in [1.54, 1.807) is 0 Å². The Bertz CT molecular complexity index is 527. The van der Waals surface area contributed by atoms with E-state index in [1.807, 2.05) is 6.07 Å². The van der Waals surface area contributed by atoms with Crippen LogP contribution in [0.1, 0.15) is 65.5 Å². The Morgan fingerprint density at radius 2 is 1.65 bits per heavy atom. The second kappa shape index (κ2) is 6.10. The number of rotatable bonds is 5. The molecule has 0 heterocycles. The molecule has 3 heteroatoms. The maximum Gasteiger partial charge on any atom is 0.138 e. The predicted octanol–water partition coefficient (Wildman–Crippen LogP) is 5.34. The van der Waals surface area contributed by atoms with E-state index in [4.69, 9.17) is 5.26 Å². The van der Waals surface area contributed by atoms with E-state index >= 15 is 0 Å². The molecular formula is C17H25NOS. The molecule has 1 aromatic carbocycles. The first-order valence-corrected chi connectivity index (χ1v) is 7.95. The molecule has 0 unspecified atom stereocenters. The molecule has 0 amide bonds. The fraction of sp³-hybridized carbons (Fsp3) is 0.588. The zero-order valence-electron chi connectivity index (χ0n) is 13.4. The van der Waals surface area contributed by atoms with Crippen LogP contribution in [0.25, 0.3) is 0 Å². The number of nitriles is 1. The summed E-state index contributed by atoms with van der Waals surface area (Å²) in [4.78, 5) is 0.669. The summed E-state index contributed by atoms with van der Waals surface area (Å²) in [5, 5.41) is 21.5. The fourth-order valence-electron chi connectivity index (χ4n) is 2.04. The van der Waals surface area contributed by atoms with Crippen molar-refractivity contribution in [2.24, 2.45) is 0 Å². The number of phenolic OH excluding ortho intramolecular Hbond substituents is 1. The van der Waals surface area contributed by atoms with Crippen LogP contribution in [0, 0.1) is 10.7 Å². The first-order chi connectivity index (χ1) is 9.19. The maximum atomic E-state index is 10.5. The van der Waals surface area contributed by atoms with Crippen molar-refractivity contribution in [3.05, 3.63) is 23.3 Å². The molecule has 0 aliphatic carbocycles. The van der Waals surface area contributed by atoms with Crippen molar-refractivity contribution in [2.75, 3.05) is 0 Å². The molecular weight excluding hydrogens is 266 g/mol. The van der Waals surface area contributed by atoms with Gasteiger partial charge in [-0.25, -0.2) is 0 Å². The number of thiocyanates is 1. The molecule has 0 spiro atoms. The van der Waals surface area contributed by atoms with E-state index < -0.39 is 0 Å². The van der Waals surface area contributed by atoms with Gasteiger partial charge in [0.2, 0.25) is 0 Å². The highest BCUT2D eigenvalue weighted by molar-refractivity contribution is 8.03. The van der Waals surface area contributed by atoms with E-state index in [1.165, 1.54) is 5.56 Å². The summed E-state index contributed by atoms with van der Waals surface area (Å²) in [6, 6.07) is 4.08. The molecule has 20 heavy (non-hydrogen) atoms.